The van der Waals surface area contributed by atoms with Crippen molar-refractivity contribution in [2.24, 2.45) is 23.1 Å². The van der Waals surface area contributed by atoms with Gasteiger partial charge in [-0.05, 0) is 70.2 Å². The molecule has 14 nitrogen and oxygen atoms in total. The Morgan fingerprint density at radius 3 is 2.60 bits per heavy atom. The highest BCUT2D eigenvalue weighted by Gasteiger charge is 2.48. The fraction of sp³-hybridized carbons (Fsp3) is 0.893. The lowest BCUT2D eigenvalue weighted by molar-refractivity contribution is -0.283. The molecule has 242 valence electrons. The summed E-state index contributed by atoms with van der Waals surface area (Å²) in [5, 5.41) is 42.3. The number of nitrogens with two attached hydrogens (primary N) is 3. The highest BCUT2D eigenvalue weighted by Crippen LogP contribution is 2.31. The van der Waals surface area contributed by atoms with Crippen molar-refractivity contribution in [2.45, 2.75) is 113 Å². The van der Waals surface area contributed by atoms with Crippen LogP contribution in [-0.2, 0) is 23.7 Å². The van der Waals surface area contributed by atoms with Crippen molar-refractivity contribution in [3.8, 4) is 0 Å². The van der Waals surface area contributed by atoms with E-state index in [2.05, 4.69) is 16.0 Å². The van der Waals surface area contributed by atoms with Crippen LogP contribution in [0.15, 0.2) is 11.8 Å². The second-order valence-corrected chi connectivity index (χ2v) is 12.4. The summed E-state index contributed by atoms with van der Waals surface area (Å²) < 4.78 is 24.2. The molecular weight excluding hydrogens is 548 g/mol. The summed E-state index contributed by atoms with van der Waals surface area (Å²) >= 11 is 0. The molecule has 12 N–H and O–H groups in total. The van der Waals surface area contributed by atoms with Gasteiger partial charge >= 0.3 is 0 Å². The molecule has 10 atom stereocenters. The second kappa shape index (κ2) is 15.5. The van der Waals surface area contributed by atoms with Crippen LogP contribution in [0, 0.1) is 5.92 Å². The van der Waals surface area contributed by atoms with Crippen molar-refractivity contribution >= 4 is 5.91 Å². The first kappa shape index (κ1) is 33.5. The van der Waals surface area contributed by atoms with Crippen molar-refractivity contribution in [1.82, 2.24) is 16.0 Å². The smallest absolute Gasteiger partial charge is 0.220 e. The van der Waals surface area contributed by atoms with Gasteiger partial charge in [-0.3, -0.25) is 4.79 Å². The molecule has 3 fully saturated rings. The number of carbonyl (C=O) groups is 1. The minimum Gasteiger partial charge on any atom is -0.467 e. The molecule has 1 amide bonds. The van der Waals surface area contributed by atoms with E-state index >= 15 is 0 Å². The van der Waals surface area contributed by atoms with Gasteiger partial charge < -0.3 is 67.4 Å². The summed E-state index contributed by atoms with van der Waals surface area (Å²) in [5.74, 6) is 0.561. The molecule has 1 saturated carbocycles. The van der Waals surface area contributed by atoms with Gasteiger partial charge in [0.15, 0.2) is 6.29 Å². The van der Waals surface area contributed by atoms with E-state index in [0.29, 0.717) is 64.1 Å². The van der Waals surface area contributed by atoms with Crippen LogP contribution in [0.5, 0.6) is 0 Å². The Hall–Kier alpha value is -1.43. The maximum absolute atomic E-state index is 12.6. The van der Waals surface area contributed by atoms with Crippen molar-refractivity contribution in [3.63, 3.8) is 0 Å². The Bertz CT molecular complexity index is 892. The number of piperidine rings is 1. The fourth-order valence-corrected chi connectivity index (χ4v) is 6.07. The highest BCUT2D eigenvalue weighted by atomic mass is 16.7. The third-order valence-electron chi connectivity index (χ3n) is 8.58. The maximum atomic E-state index is 12.6. The number of amides is 1. The molecule has 0 unspecified atom stereocenters. The summed E-state index contributed by atoms with van der Waals surface area (Å²) in [6.45, 7) is 5.13. The van der Waals surface area contributed by atoms with Gasteiger partial charge in [0.2, 0.25) is 12.2 Å². The normalized spacial score (nSPS) is 38.8. The van der Waals surface area contributed by atoms with Crippen LogP contribution < -0.4 is 33.2 Å². The van der Waals surface area contributed by atoms with Crippen LogP contribution in [0.4, 0.5) is 0 Å². The SMILES string of the molecule is C[C@@H]1CO[C@H](O[C@@H]2[C@@H](O)[C@H](O[C@H]3OC(CNCC4(O)CCNCC4)=CC[C@H]3N)[C@@H](N)C[C@H]2NC(=O)CCCN)[C@H](O)C1. The summed E-state index contributed by atoms with van der Waals surface area (Å²) in [5.41, 5.74) is 17.6. The maximum Gasteiger partial charge on any atom is 0.220 e. The third-order valence-corrected chi connectivity index (χ3v) is 8.58. The second-order valence-electron chi connectivity index (χ2n) is 12.4. The van der Waals surface area contributed by atoms with Gasteiger partial charge in [-0.1, -0.05) is 6.92 Å². The number of carbonyl (C=O) groups excluding carboxylic acids is 1. The predicted octanol–water partition coefficient (Wildman–Crippen LogP) is -2.52. The summed E-state index contributed by atoms with van der Waals surface area (Å²) in [6.07, 6.45) is -0.684. The van der Waals surface area contributed by atoms with E-state index in [1.807, 2.05) is 13.0 Å². The fourth-order valence-electron chi connectivity index (χ4n) is 6.07. The Labute approximate surface area is 248 Å². The van der Waals surface area contributed by atoms with Gasteiger partial charge in [0.1, 0.15) is 30.2 Å². The predicted molar refractivity (Wildman–Crippen MR) is 154 cm³/mol. The molecule has 0 aromatic carbocycles. The van der Waals surface area contributed by atoms with Crippen LogP contribution in [0.2, 0.25) is 0 Å². The number of aliphatic hydroxyl groups excluding tert-OH is 2. The van der Waals surface area contributed by atoms with Gasteiger partial charge in [-0.2, -0.15) is 0 Å². The standard InChI is InChI=1S/C28H52N6O8/c1-16-11-21(35)27(39-14-16)42-25-20(34-22(36)3-2-8-29)12-19(31)24(23(25)37)41-26-18(30)5-4-17(40-26)13-33-15-28(38)6-9-32-10-7-28/h4,16,18-21,23-27,32-33,35,37-38H,2-3,5-15,29-31H2,1H3,(H,34,36)/t16-,18+,19-,20+,21+,23-,24+,25-,26+,27+/m0/s1. The quantitative estimate of drug-likeness (QED) is 0.113. The van der Waals surface area contributed by atoms with E-state index in [-0.39, 0.29) is 24.7 Å². The van der Waals surface area contributed by atoms with Crippen molar-refractivity contribution < 1.29 is 39.1 Å². The monoisotopic (exact) mass is 600 g/mol. The average molecular weight is 601 g/mol. The molecule has 3 heterocycles. The van der Waals surface area contributed by atoms with E-state index in [1.54, 1.807) is 0 Å². The zero-order valence-corrected chi connectivity index (χ0v) is 24.7. The van der Waals surface area contributed by atoms with E-state index in [1.165, 1.54) is 0 Å². The molecule has 0 aromatic rings. The molecule has 14 heteroatoms. The van der Waals surface area contributed by atoms with E-state index < -0.39 is 60.7 Å². The minimum atomic E-state index is -1.28. The van der Waals surface area contributed by atoms with Crippen molar-refractivity contribution in [1.29, 1.82) is 0 Å². The van der Waals surface area contributed by atoms with Gasteiger partial charge in [0.05, 0.1) is 30.8 Å². The number of hydrogen-bond donors (Lipinski definition) is 9. The van der Waals surface area contributed by atoms with Crippen molar-refractivity contribution in [3.05, 3.63) is 11.8 Å². The largest absolute Gasteiger partial charge is 0.467 e. The molecule has 4 rings (SSSR count). The first-order valence-corrected chi connectivity index (χ1v) is 15.4. The molecule has 0 bridgehead atoms. The summed E-state index contributed by atoms with van der Waals surface area (Å²) in [4.78, 5) is 12.6. The zero-order chi connectivity index (χ0) is 30.3. The average Bonchev–Trinajstić information content (AvgIpc) is 2.95. The lowest BCUT2D eigenvalue weighted by Gasteiger charge is -2.46. The summed E-state index contributed by atoms with van der Waals surface area (Å²) in [6, 6.07) is -1.81. The van der Waals surface area contributed by atoms with Gasteiger partial charge in [-0.15, -0.1) is 0 Å². The van der Waals surface area contributed by atoms with Crippen LogP contribution >= 0.6 is 0 Å². The molecule has 2 saturated heterocycles. The molecule has 0 spiro atoms. The Balaban J connectivity index is 1.39. The topological polar surface area (TPSA) is 229 Å². The van der Waals surface area contributed by atoms with E-state index in [4.69, 9.17) is 36.1 Å². The van der Waals surface area contributed by atoms with Crippen molar-refractivity contribution in [2.75, 3.05) is 39.3 Å². The lowest BCUT2D eigenvalue weighted by Crippen LogP contribution is -2.66. The van der Waals surface area contributed by atoms with Crippen LogP contribution in [0.1, 0.15) is 51.9 Å². The molecule has 1 aliphatic carbocycles. The molecule has 0 aromatic heterocycles. The van der Waals surface area contributed by atoms with Crippen LogP contribution in [-0.4, -0.2) is 121 Å². The number of ether oxygens (including phenoxy) is 4. The summed E-state index contributed by atoms with van der Waals surface area (Å²) in [7, 11) is 0. The Kier molecular flexibility index (Phi) is 12.4. The number of hydrogen-bond acceptors (Lipinski definition) is 13. The van der Waals surface area contributed by atoms with E-state index in [9.17, 15) is 20.1 Å². The number of aliphatic hydroxyl groups is 3. The third kappa shape index (κ3) is 9.05. The Morgan fingerprint density at radius 1 is 1.14 bits per heavy atom. The molecule has 3 aliphatic heterocycles. The first-order chi connectivity index (χ1) is 20.1. The Morgan fingerprint density at radius 2 is 1.88 bits per heavy atom. The number of nitrogens with one attached hydrogen (secondary N) is 3. The molecule has 4 aliphatic rings. The van der Waals surface area contributed by atoms with Gasteiger partial charge in [0.25, 0.3) is 0 Å². The molecular formula is C28H52N6O8. The van der Waals surface area contributed by atoms with E-state index in [0.717, 1.165) is 13.1 Å². The first-order valence-electron chi connectivity index (χ1n) is 15.4. The van der Waals surface area contributed by atoms with Crippen LogP contribution in [0.25, 0.3) is 0 Å². The highest BCUT2D eigenvalue weighted by molar-refractivity contribution is 5.76. The lowest BCUT2D eigenvalue weighted by atomic mass is 9.83. The van der Waals surface area contributed by atoms with Crippen LogP contribution in [0.3, 0.4) is 0 Å². The molecule has 42 heavy (non-hydrogen) atoms. The van der Waals surface area contributed by atoms with Gasteiger partial charge in [0, 0.05) is 19.0 Å². The van der Waals surface area contributed by atoms with Gasteiger partial charge in [-0.25, -0.2) is 0 Å². The number of rotatable bonds is 12. The molecule has 0 radical (unpaired) electrons. The minimum absolute atomic E-state index is 0.164. The zero-order valence-electron chi connectivity index (χ0n) is 24.7.